The Morgan fingerprint density at radius 3 is 1.13 bits per heavy atom. The minimum absolute atomic E-state index is 0.231. The number of hydrogen-bond acceptors (Lipinski definition) is 18. The van der Waals surface area contributed by atoms with Crippen LogP contribution in [0.25, 0.3) is 0 Å². The minimum Gasteiger partial charge on any atom is -0.394 e. The Morgan fingerprint density at radius 2 is 0.707 bits per heavy atom. The molecule has 3 aliphatic heterocycles. The van der Waals surface area contributed by atoms with Crippen LogP contribution in [0.5, 0.6) is 0 Å². The normalized spacial score (nSPS) is 27.1. The summed E-state index contributed by atoms with van der Waals surface area (Å²) >= 11 is 0. The zero-order valence-electron chi connectivity index (χ0n) is 60.9. The van der Waals surface area contributed by atoms with Gasteiger partial charge in [0.15, 0.2) is 18.9 Å². The lowest BCUT2D eigenvalue weighted by molar-refractivity contribution is -0.379. The van der Waals surface area contributed by atoms with Crippen molar-refractivity contribution in [1.29, 1.82) is 0 Å². The molecule has 0 aromatic heterocycles. The first-order chi connectivity index (χ1) is 48.3. The molecule has 0 bridgehead atoms. The molecule has 19 nitrogen and oxygen atoms in total. The lowest BCUT2D eigenvalue weighted by Crippen LogP contribution is -2.66. The number of aliphatic hydroxyl groups excluding tert-OH is 11. The number of carbonyl (C=O) groups is 1. The topological polar surface area (TPSA) is 307 Å². The molecule has 17 atom stereocenters. The van der Waals surface area contributed by atoms with Crippen molar-refractivity contribution < 1.29 is 89.4 Å². The molecule has 3 rings (SSSR count). The van der Waals surface area contributed by atoms with Crippen LogP contribution in [-0.2, 0) is 33.2 Å². The van der Waals surface area contributed by atoms with Crippen LogP contribution >= 0.6 is 0 Å². The molecule has 0 aromatic carbocycles. The smallest absolute Gasteiger partial charge is 0.220 e. The van der Waals surface area contributed by atoms with E-state index < -0.39 is 124 Å². The number of amides is 1. The van der Waals surface area contributed by atoms with Gasteiger partial charge < -0.3 is 89.9 Å². The lowest BCUT2D eigenvalue weighted by atomic mass is 9.96. The van der Waals surface area contributed by atoms with Gasteiger partial charge in [0.2, 0.25) is 5.91 Å². The highest BCUT2D eigenvalue weighted by Crippen LogP contribution is 2.33. The Morgan fingerprint density at radius 1 is 0.374 bits per heavy atom. The maximum Gasteiger partial charge on any atom is 0.220 e. The van der Waals surface area contributed by atoms with Crippen molar-refractivity contribution in [2.45, 2.75) is 375 Å². The predicted molar refractivity (Wildman–Crippen MR) is 392 cm³/mol. The number of nitrogens with one attached hydrogen (secondary N) is 1. The van der Waals surface area contributed by atoms with Gasteiger partial charge in [0.25, 0.3) is 0 Å². The number of unbranched alkanes of at least 4 members (excludes halogenated alkanes) is 30. The maximum atomic E-state index is 13.4. The highest BCUT2D eigenvalue weighted by atomic mass is 16.8. The van der Waals surface area contributed by atoms with E-state index >= 15 is 0 Å². The third kappa shape index (κ3) is 40.5. The molecule has 99 heavy (non-hydrogen) atoms. The third-order valence-electron chi connectivity index (χ3n) is 18.8. The Labute approximate surface area is 596 Å². The molecule has 17 unspecified atom stereocenters. The summed E-state index contributed by atoms with van der Waals surface area (Å²) < 4.78 is 34.3. The predicted octanol–water partition coefficient (Wildman–Crippen LogP) is 12.4. The molecule has 0 saturated carbocycles. The van der Waals surface area contributed by atoms with Crippen LogP contribution in [-0.4, -0.2) is 193 Å². The summed E-state index contributed by atoms with van der Waals surface area (Å²) in [5.41, 5.74) is 0. The number of hydrogen-bond donors (Lipinski definition) is 12. The van der Waals surface area contributed by atoms with E-state index in [-0.39, 0.29) is 18.9 Å². The van der Waals surface area contributed by atoms with E-state index in [0.717, 1.165) is 77.0 Å². The minimum atomic E-state index is -1.98. The average Bonchev–Trinajstić information content (AvgIpc) is 0.784. The summed E-state index contributed by atoms with van der Waals surface area (Å²) in [6.45, 7) is 1.58. The number of carbonyl (C=O) groups excluding carboxylic acids is 1. The molecular weight excluding hydrogens is 1260 g/mol. The molecule has 12 N–H and O–H groups in total. The van der Waals surface area contributed by atoms with Gasteiger partial charge in [0.05, 0.1) is 38.6 Å². The van der Waals surface area contributed by atoms with Crippen molar-refractivity contribution in [1.82, 2.24) is 5.32 Å². The summed E-state index contributed by atoms with van der Waals surface area (Å²) in [6, 6.07) is -0.999. The average molecular weight is 1400 g/mol. The Bertz CT molecular complexity index is 2170. The molecule has 3 aliphatic rings. The summed E-state index contributed by atoms with van der Waals surface area (Å²) in [7, 11) is 0. The number of allylic oxidation sites excluding steroid dienone is 15. The largest absolute Gasteiger partial charge is 0.394 e. The standard InChI is InChI=1S/C80H139NO18/c1-3-5-7-9-11-13-15-17-19-20-21-22-23-24-25-26-27-28-29-30-31-32-33-34-35-36-37-38-39-40-41-42-44-46-48-50-52-54-56-58-68(86)81-63(64(85)57-55-53-51-49-47-45-43-18-16-14-12-10-8-6-4-2)62-94-78-74(92)71(89)76(66(60-83)96-78)99-80-75(93)72(90)77(67(61-84)97-80)98-79-73(91)70(88)69(87)65(59-82)95-79/h5,7,11,13,16-19,21-22,24-25,47,49,55,57,63-67,69-80,82-85,87-93H,3-4,6,8-10,12,14-15,20,23,26-46,48,50-54,56,58-62H2,1-2H3,(H,81,86)/b7-5-,13-11-,18-16+,19-17-,22-21-,25-24-,49-47+,57-55+. The first-order valence-electron chi connectivity index (χ1n) is 39.0. The monoisotopic (exact) mass is 1400 g/mol. The molecule has 3 fully saturated rings. The van der Waals surface area contributed by atoms with Crippen molar-refractivity contribution >= 4 is 5.91 Å². The van der Waals surface area contributed by atoms with Crippen LogP contribution < -0.4 is 5.32 Å². The quantitative estimate of drug-likeness (QED) is 0.0199. The van der Waals surface area contributed by atoms with Crippen LogP contribution in [0.2, 0.25) is 0 Å². The van der Waals surface area contributed by atoms with Gasteiger partial charge in [-0.1, -0.05) is 272 Å². The fraction of sp³-hybridized carbons (Fsp3) is 0.787. The fourth-order valence-corrected chi connectivity index (χ4v) is 12.6. The maximum absolute atomic E-state index is 13.4. The third-order valence-corrected chi connectivity index (χ3v) is 18.8. The highest BCUT2D eigenvalue weighted by Gasteiger charge is 2.53. The summed E-state index contributed by atoms with van der Waals surface area (Å²) in [4.78, 5) is 13.4. The van der Waals surface area contributed by atoms with E-state index in [9.17, 15) is 61.0 Å². The van der Waals surface area contributed by atoms with Crippen molar-refractivity contribution in [3.05, 3.63) is 97.2 Å². The molecule has 0 aromatic rings. The van der Waals surface area contributed by atoms with Crippen molar-refractivity contribution in [3.8, 4) is 0 Å². The number of ether oxygens (including phenoxy) is 6. The zero-order valence-corrected chi connectivity index (χ0v) is 60.9. The van der Waals surface area contributed by atoms with E-state index in [1.165, 1.54) is 161 Å². The number of rotatable bonds is 60. The van der Waals surface area contributed by atoms with Gasteiger partial charge in [-0.25, -0.2) is 0 Å². The molecule has 0 spiro atoms. The van der Waals surface area contributed by atoms with E-state index in [1.807, 2.05) is 6.08 Å². The molecule has 1 amide bonds. The van der Waals surface area contributed by atoms with Gasteiger partial charge in [-0.05, 0) is 89.9 Å². The van der Waals surface area contributed by atoms with Gasteiger partial charge in [-0.2, -0.15) is 0 Å². The van der Waals surface area contributed by atoms with E-state index in [4.69, 9.17) is 28.4 Å². The van der Waals surface area contributed by atoms with Gasteiger partial charge in [0.1, 0.15) is 73.2 Å². The molecule has 3 heterocycles. The first kappa shape index (κ1) is 89.9. The zero-order chi connectivity index (χ0) is 71.8. The fourth-order valence-electron chi connectivity index (χ4n) is 12.6. The van der Waals surface area contributed by atoms with Crippen molar-refractivity contribution in [2.75, 3.05) is 26.4 Å². The Hall–Kier alpha value is -3.29. The summed E-state index contributed by atoms with van der Waals surface area (Å²) in [5.74, 6) is -0.289. The van der Waals surface area contributed by atoms with Gasteiger partial charge in [-0.3, -0.25) is 4.79 Å². The van der Waals surface area contributed by atoms with Gasteiger partial charge in [-0.15, -0.1) is 0 Å². The van der Waals surface area contributed by atoms with Crippen LogP contribution in [0.15, 0.2) is 97.2 Å². The SMILES string of the molecule is CC/C=C\C/C=C\C/C=C\C/C=C\C/C=C\CCCCCCCCCCCCCCCCCCCCCCCCCC(=O)NC(COC1OC(CO)C(OC2OC(CO)C(OC3OC(CO)C(O)C(O)C3O)C(O)C2O)C(O)C1O)C(O)/C=C/CC/C=C/CC/C=C/CCCCCCC. The second-order valence-corrected chi connectivity index (χ2v) is 27.4. The molecule has 572 valence electrons. The second-order valence-electron chi connectivity index (χ2n) is 27.4. The van der Waals surface area contributed by atoms with Crippen LogP contribution in [0, 0.1) is 0 Å². The van der Waals surface area contributed by atoms with E-state index in [2.05, 4.69) is 104 Å². The summed E-state index contributed by atoms with van der Waals surface area (Å²) in [5, 5.41) is 121. The molecule has 19 heteroatoms. The molecule has 0 radical (unpaired) electrons. The van der Waals surface area contributed by atoms with Gasteiger partial charge >= 0.3 is 0 Å². The van der Waals surface area contributed by atoms with Crippen LogP contribution in [0.4, 0.5) is 0 Å². The van der Waals surface area contributed by atoms with E-state index in [1.54, 1.807) is 6.08 Å². The van der Waals surface area contributed by atoms with Crippen LogP contribution in [0.3, 0.4) is 0 Å². The van der Waals surface area contributed by atoms with Gasteiger partial charge in [0, 0.05) is 6.42 Å². The molecule has 0 aliphatic carbocycles. The van der Waals surface area contributed by atoms with Crippen LogP contribution in [0.1, 0.15) is 271 Å². The van der Waals surface area contributed by atoms with E-state index in [0.29, 0.717) is 12.8 Å². The first-order valence-corrected chi connectivity index (χ1v) is 39.0. The molecular formula is C80H139NO18. The molecule has 3 saturated heterocycles. The Balaban J connectivity index is 1.31. The highest BCUT2D eigenvalue weighted by molar-refractivity contribution is 5.76. The Kier molecular flexibility index (Phi) is 54.5. The second kappa shape index (κ2) is 60.0. The number of aliphatic hydroxyl groups is 11. The van der Waals surface area contributed by atoms with Crippen molar-refractivity contribution in [3.63, 3.8) is 0 Å². The van der Waals surface area contributed by atoms with Crippen molar-refractivity contribution in [2.24, 2.45) is 0 Å². The lowest BCUT2D eigenvalue weighted by Gasteiger charge is -2.48. The summed E-state index contributed by atoms with van der Waals surface area (Å²) in [6.07, 6.45) is 54.2.